The molecule has 1 aromatic rings. The Kier molecular flexibility index (Phi) is 3.70. The van der Waals surface area contributed by atoms with Gasteiger partial charge in [0.05, 0.1) is 5.88 Å². The van der Waals surface area contributed by atoms with Crippen LogP contribution in [0.1, 0.15) is 11.1 Å². The molecule has 0 saturated heterocycles. The molecule has 0 aliphatic carbocycles. The minimum absolute atomic E-state index is 0.0560. The number of rotatable bonds is 1. The van der Waals surface area contributed by atoms with Gasteiger partial charge in [-0.25, -0.2) is 4.39 Å². The minimum Gasteiger partial charge on any atom is -0.207 e. The number of benzene rings is 1. The zero-order valence-corrected chi connectivity index (χ0v) is 9.35. The van der Waals surface area contributed by atoms with E-state index in [0.29, 0.717) is 11.1 Å². The quantitative estimate of drug-likeness (QED) is 0.658. The maximum atomic E-state index is 12.9. The minimum atomic E-state index is -1.53. The third-order valence-electron chi connectivity index (χ3n) is 1.52. The molecule has 0 radical (unpaired) electrons. The summed E-state index contributed by atoms with van der Waals surface area (Å²) >= 11 is 22.3. The van der Waals surface area contributed by atoms with Crippen molar-refractivity contribution in [2.45, 2.75) is 9.67 Å². The first kappa shape index (κ1) is 11.4. The van der Waals surface area contributed by atoms with Gasteiger partial charge in [0.2, 0.25) is 3.79 Å². The van der Waals surface area contributed by atoms with Crippen LogP contribution in [0.15, 0.2) is 18.2 Å². The van der Waals surface area contributed by atoms with Crippen molar-refractivity contribution >= 4 is 46.4 Å². The molecule has 0 spiro atoms. The maximum Gasteiger partial charge on any atom is 0.216 e. The topological polar surface area (TPSA) is 0 Å². The predicted molar refractivity (Wildman–Crippen MR) is 55.2 cm³/mol. The van der Waals surface area contributed by atoms with Crippen molar-refractivity contribution in [3.05, 3.63) is 35.1 Å². The molecular weight excluding hydrogens is 257 g/mol. The van der Waals surface area contributed by atoms with E-state index in [1.807, 2.05) is 0 Å². The standard InChI is InChI=1S/C8H5Cl4F/c9-4-5-3-6(8(10,11)12)1-2-7(5)13/h1-3H,4H2. The molecule has 5 heteroatoms. The fraction of sp³-hybridized carbons (Fsp3) is 0.250. The van der Waals surface area contributed by atoms with Crippen LogP contribution in [0.4, 0.5) is 4.39 Å². The van der Waals surface area contributed by atoms with Crippen LogP contribution in [-0.4, -0.2) is 0 Å². The van der Waals surface area contributed by atoms with Crippen molar-refractivity contribution < 1.29 is 4.39 Å². The van der Waals surface area contributed by atoms with Gasteiger partial charge in [0, 0.05) is 11.1 Å². The van der Waals surface area contributed by atoms with E-state index >= 15 is 0 Å². The Morgan fingerprint density at radius 2 is 1.85 bits per heavy atom. The number of halogens is 5. The van der Waals surface area contributed by atoms with Crippen LogP contribution in [0.3, 0.4) is 0 Å². The van der Waals surface area contributed by atoms with Crippen molar-refractivity contribution in [3.63, 3.8) is 0 Å². The molecule has 0 saturated carbocycles. The second-order valence-electron chi connectivity index (χ2n) is 2.44. The smallest absolute Gasteiger partial charge is 0.207 e. The summed E-state index contributed by atoms with van der Waals surface area (Å²) in [7, 11) is 0. The first-order valence-corrected chi connectivity index (χ1v) is 5.03. The van der Waals surface area contributed by atoms with Crippen LogP contribution in [0.25, 0.3) is 0 Å². The highest BCUT2D eigenvalue weighted by atomic mass is 35.6. The molecular formula is C8H5Cl4F. The average molecular weight is 262 g/mol. The lowest BCUT2D eigenvalue weighted by atomic mass is 10.1. The Labute approximate surface area is 95.5 Å². The number of hydrogen-bond donors (Lipinski definition) is 0. The van der Waals surface area contributed by atoms with Crippen LogP contribution >= 0.6 is 46.4 Å². The first-order valence-electron chi connectivity index (χ1n) is 3.36. The summed E-state index contributed by atoms with van der Waals surface area (Å²) in [6, 6.07) is 4.09. The van der Waals surface area contributed by atoms with Crippen LogP contribution in [0.5, 0.6) is 0 Å². The summed E-state index contributed by atoms with van der Waals surface area (Å²) in [6.45, 7) is 0. The molecule has 1 aromatic carbocycles. The molecule has 0 aliphatic rings. The summed E-state index contributed by atoms with van der Waals surface area (Å²) in [4.78, 5) is 0. The fourth-order valence-electron chi connectivity index (χ4n) is 0.853. The van der Waals surface area contributed by atoms with Gasteiger partial charge in [-0.05, 0) is 12.1 Å². The van der Waals surface area contributed by atoms with Gasteiger partial charge in [-0.1, -0.05) is 40.9 Å². The molecule has 0 N–H and O–H groups in total. The normalized spacial score (nSPS) is 11.8. The summed E-state index contributed by atoms with van der Waals surface area (Å²) in [6.07, 6.45) is 0. The summed E-state index contributed by atoms with van der Waals surface area (Å²) in [5.74, 6) is -0.339. The Bertz CT molecular complexity index is 306. The molecule has 0 amide bonds. The van der Waals surface area contributed by atoms with E-state index in [1.54, 1.807) is 0 Å². The van der Waals surface area contributed by atoms with Crippen molar-refractivity contribution in [3.8, 4) is 0 Å². The second-order valence-corrected chi connectivity index (χ2v) is 4.99. The van der Waals surface area contributed by atoms with Crippen LogP contribution in [-0.2, 0) is 9.67 Å². The lowest BCUT2D eigenvalue weighted by molar-refractivity contribution is 0.616. The van der Waals surface area contributed by atoms with Crippen LogP contribution in [0.2, 0.25) is 0 Å². The lowest BCUT2D eigenvalue weighted by Gasteiger charge is -2.12. The highest BCUT2D eigenvalue weighted by Gasteiger charge is 2.23. The van der Waals surface area contributed by atoms with Gasteiger partial charge in [-0.2, -0.15) is 0 Å². The van der Waals surface area contributed by atoms with E-state index in [2.05, 4.69) is 0 Å². The van der Waals surface area contributed by atoms with Crippen molar-refractivity contribution in [1.82, 2.24) is 0 Å². The summed E-state index contributed by atoms with van der Waals surface area (Å²) in [5.41, 5.74) is 0.736. The molecule has 13 heavy (non-hydrogen) atoms. The second kappa shape index (κ2) is 4.22. The van der Waals surface area contributed by atoms with Gasteiger partial charge in [-0.3, -0.25) is 0 Å². The largest absolute Gasteiger partial charge is 0.216 e. The molecule has 0 aromatic heterocycles. The molecule has 0 heterocycles. The van der Waals surface area contributed by atoms with Gasteiger partial charge in [0.1, 0.15) is 5.82 Å². The van der Waals surface area contributed by atoms with Crippen LogP contribution in [0, 0.1) is 5.82 Å². The van der Waals surface area contributed by atoms with E-state index in [-0.39, 0.29) is 5.88 Å². The zero-order valence-electron chi connectivity index (χ0n) is 6.33. The number of alkyl halides is 4. The third-order valence-corrected chi connectivity index (χ3v) is 2.46. The van der Waals surface area contributed by atoms with Gasteiger partial charge in [0.25, 0.3) is 0 Å². The summed E-state index contributed by atoms with van der Waals surface area (Å²) in [5, 5.41) is 0. The third kappa shape index (κ3) is 2.88. The van der Waals surface area contributed by atoms with Gasteiger partial charge in [-0.15, -0.1) is 11.6 Å². The zero-order chi connectivity index (χ0) is 10.1. The van der Waals surface area contributed by atoms with E-state index in [0.717, 1.165) is 0 Å². The molecule has 0 aliphatic heterocycles. The Morgan fingerprint density at radius 3 is 2.31 bits per heavy atom. The van der Waals surface area contributed by atoms with E-state index in [1.165, 1.54) is 18.2 Å². The summed E-state index contributed by atoms with van der Waals surface area (Å²) < 4.78 is 11.4. The fourth-order valence-corrected chi connectivity index (χ4v) is 1.41. The first-order chi connectivity index (χ1) is 5.95. The monoisotopic (exact) mass is 260 g/mol. The predicted octanol–water partition coefficient (Wildman–Crippen LogP) is 4.39. The molecule has 1 rings (SSSR count). The molecule has 0 unspecified atom stereocenters. The highest BCUT2D eigenvalue weighted by Crippen LogP contribution is 2.38. The van der Waals surface area contributed by atoms with Gasteiger partial charge < -0.3 is 0 Å². The van der Waals surface area contributed by atoms with Crippen molar-refractivity contribution in [2.24, 2.45) is 0 Å². The van der Waals surface area contributed by atoms with E-state index in [4.69, 9.17) is 46.4 Å². The number of hydrogen-bond acceptors (Lipinski definition) is 0. The Hall–Kier alpha value is 0.310. The van der Waals surface area contributed by atoms with Crippen molar-refractivity contribution in [1.29, 1.82) is 0 Å². The molecule has 0 atom stereocenters. The molecule has 0 fully saturated rings. The van der Waals surface area contributed by atoms with E-state index < -0.39 is 9.61 Å². The maximum absolute atomic E-state index is 12.9. The molecule has 0 bridgehead atoms. The average Bonchev–Trinajstić information content (AvgIpc) is 2.03. The van der Waals surface area contributed by atoms with Crippen LogP contribution < -0.4 is 0 Å². The Morgan fingerprint density at radius 1 is 1.23 bits per heavy atom. The molecule has 72 valence electrons. The highest BCUT2D eigenvalue weighted by molar-refractivity contribution is 6.66. The van der Waals surface area contributed by atoms with E-state index in [9.17, 15) is 4.39 Å². The Balaban J connectivity index is 3.14. The molecule has 0 nitrogen and oxygen atoms in total. The van der Waals surface area contributed by atoms with Gasteiger partial charge in [0.15, 0.2) is 0 Å². The SMILES string of the molecule is Fc1ccc(C(Cl)(Cl)Cl)cc1CCl. The van der Waals surface area contributed by atoms with Crippen molar-refractivity contribution in [2.75, 3.05) is 0 Å². The lowest BCUT2D eigenvalue weighted by Crippen LogP contribution is -2.01. The van der Waals surface area contributed by atoms with Gasteiger partial charge >= 0.3 is 0 Å².